The minimum absolute atomic E-state index is 0.837. The summed E-state index contributed by atoms with van der Waals surface area (Å²) in [5, 5.41) is 9.68. The Bertz CT molecular complexity index is 771. The maximum absolute atomic E-state index is 5.27. The van der Waals surface area contributed by atoms with E-state index in [0.717, 1.165) is 34.6 Å². The Labute approximate surface area is 140 Å². The molecular weight excluding hydrogens is 306 g/mol. The van der Waals surface area contributed by atoms with Crippen LogP contribution in [0.2, 0.25) is 0 Å². The molecule has 1 heterocycles. The largest absolute Gasteiger partial charge is 0.497 e. The molecule has 3 aromatic rings. The van der Waals surface area contributed by atoms with E-state index in [1.165, 1.54) is 5.56 Å². The predicted molar refractivity (Wildman–Crippen MR) is 93.7 cm³/mol. The second-order valence-corrected chi connectivity index (χ2v) is 6.00. The topological polar surface area (TPSA) is 39.9 Å². The third kappa shape index (κ3) is 3.56. The molecule has 0 saturated heterocycles. The van der Waals surface area contributed by atoms with Crippen molar-refractivity contribution in [3.8, 4) is 17.1 Å². The lowest BCUT2D eigenvalue weighted by molar-refractivity contribution is 0.414. The van der Waals surface area contributed by atoms with Crippen LogP contribution in [0.1, 0.15) is 12.5 Å². The van der Waals surface area contributed by atoms with Crippen LogP contribution in [0.3, 0.4) is 0 Å². The van der Waals surface area contributed by atoms with Gasteiger partial charge in [-0.3, -0.25) is 0 Å². The molecule has 5 heteroatoms. The highest BCUT2D eigenvalue weighted by molar-refractivity contribution is 7.98. The van der Waals surface area contributed by atoms with E-state index >= 15 is 0 Å². The third-order valence-corrected chi connectivity index (χ3v) is 4.61. The lowest BCUT2D eigenvalue weighted by Crippen LogP contribution is -1.99. The van der Waals surface area contributed by atoms with Gasteiger partial charge < -0.3 is 9.30 Å². The van der Waals surface area contributed by atoms with E-state index in [4.69, 9.17) is 4.74 Å². The van der Waals surface area contributed by atoms with Gasteiger partial charge >= 0.3 is 0 Å². The highest BCUT2D eigenvalue weighted by atomic mass is 32.2. The number of nitrogens with zero attached hydrogens (tertiary/aromatic N) is 3. The number of methoxy groups -OCH3 is 1. The van der Waals surface area contributed by atoms with Gasteiger partial charge in [-0.1, -0.05) is 54.2 Å². The minimum Gasteiger partial charge on any atom is -0.497 e. The van der Waals surface area contributed by atoms with Crippen molar-refractivity contribution in [1.82, 2.24) is 14.8 Å². The highest BCUT2D eigenvalue weighted by Crippen LogP contribution is 2.27. The molecule has 0 saturated carbocycles. The SMILES string of the molecule is CCn1c(SCc2cccc(OC)c2)nnc1-c1ccccc1. The summed E-state index contributed by atoms with van der Waals surface area (Å²) in [5.41, 5.74) is 2.30. The molecule has 0 unspecified atom stereocenters. The van der Waals surface area contributed by atoms with Crippen molar-refractivity contribution < 1.29 is 4.74 Å². The van der Waals surface area contributed by atoms with Gasteiger partial charge in [0.25, 0.3) is 0 Å². The molecule has 0 radical (unpaired) electrons. The zero-order valence-corrected chi connectivity index (χ0v) is 14.1. The van der Waals surface area contributed by atoms with Crippen molar-refractivity contribution in [2.75, 3.05) is 7.11 Å². The fourth-order valence-corrected chi connectivity index (χ4v) is 3.34. The van der Waals surface area contributed by atoms with Crippen LogP contribution in [0.15, 0.2) is 59.8 Å². The molecule has 3 rings (SSSR count). The summed E-state index contributed by atoms with van der Waals surface area (Å²) >= 11 is 1.69. The molecule has 0 fully saturated rings. The average Bonchev–Trinajstić information content (AvgIpc) is 3.04. The molecule has 1 aromatic heterocycles. The van der Waals surface area contributed by atoms with E-state index in [-0.39, 0.29) is 0 Å². The van der Waals surface area contributed by atoms with Gasteiger partial charge in [0, 0.05) is 17.9 Å². The van der Waals surface area contributed by atoms with Crippen LogP contribution in [0.5, 0.6) is 5.75 Å². The fraction of sp³-hybridized carbons (Fsp3) is 0.222. The molecule has 118 valence electrons. The molecule has 0 bridgehead atoms. The molecule has 0 aliphatic rings. The number of hydrogen-bond acceptors (Lipinski definition) is 4. The first-order valence-electron chi connectivity index (χ1n) is 7.56. The molecule has 23 heavy (non-hydrogen) atoms. The van der Waals surface area contributed by atoms with Crippen LogP contribution < -0.4 is 4.74 Å². The Morgan fingerprint density at radius 2 is 1.87 bits per heavy atom. The van der Waals surface area contributed by atoms with E-state index in [1.54, 1.807) is 18.9 Å². The summed E-state index contributed by atoms with van der Waals surface area (Å²) in [6.45, 7) is 2.96. The molecule has 0 aliphatic heterocycles. The Morgan fingerprint density at radius 1 is 1.04 bits per heavy atom. The lowest BCUT2D eigenvalue weighted by atomic mass is 10.2. The summed E-state index contributed by atoms with van der Waals surface area (Å²) in [6.07, 6.45) is 0. The van der Waals surface area contributed by atoms with Gasteiger partial charge in [0.15, 0.2) is 11.0 Å². The molecule has 0 spiro atoms. The molecule has 2 aromatic carbocycles. The first-order valence-corrected chi connectivity index (χ1v) is 8.54. The second-order valence-electron chi connectivity index (χ2n) is 5.06. The highest BCUT2D eigenvalue weighted by Gasteiger charge is 2.13. The van der Waals surface area contributed by atoms with Crippen LogP contribution >= 0.6 is 11.8 Å². The van der Waals surface area contributed by atoms with Crippen LogP contribution in [-0.2, 0) is 12.3 Å². The van der Waals surface area contributed by atoms with Crippen molar-refractivity contribution in [1.29, 1.82) is 0 Å². The maximum atomic E-state index is 5.27. The van der Waals surface area contributed by atoms with Crippen molar-refractivity contribution >= 4 is 11.8 Å². The van der Waals surface area contributed by atoms with E-state index < -0.39 is 0 Å². The van der Waals surface area contributed by atoms with Crippen molar-refractivity contribution in [2.45, 2.75) is 24.4 Å². The van der Waals surface area contributed by atoms with Gasteiger partial charge in [-0.25, -0.2) is 0 Å². The van der Waals surface area contributed by atoms with Crippen molar-refractivity contribution in [3.63, 3.8) is 0 Å². The van der Waals surface area contributed by atoms with Crippen LogP contribution in [0, 0.1) is 0 Å². The standard InChI is InChI=1S/C18H19N3OS/c1-3-21-17(15-9-5-4-6-10-15)19-20-18(21)23-13-14-8-7-11-16(12-14)22-2/h4-12H,3,13H2,1-2H3. The molecule has 0 atom stereocenters. The summed E-state index contributed by atoms with van der Waals surface area (Å²) in [4.78, 5) is 0. The van der Waals surface area contributed by atoms with Gasteiger partial charge in [0.1, 0.15) is 5.75 Å². The zero-order chi connectivity index (χ0) is 16.1. The molecule has 4 nitrogen and oxygen atoms in total. The van der Waals surface area contributed by atoms with Crippen LogP contribution in [0.25, 0.3) is 11.4 Å². The minimum atomic E-state index is 0.837. The van der Waals surface area contributed by atoms with Gasteiger partial charge in [-0.15, -0.1) is 10.2 Å². The van der Waals surface area contributed by atoms with Crippen LogP contribution in [0.4, 0.5) is 0 Å². The quantitative estimate of drug-likeness (QED) is 0.635. The average molecular weight is 325 g/mol. The van der Waals surface area contributed by atoms with E-state index in [1.807, 2.05) is 30.3 Å². The number of rotatable bonds is 6. The van der Waals surface area contributed by atoms with Gasteiger partial charge in [0.05, 0.1) is 7.11 Å². The van der Waals surface area contributed by atoms with Crippen molar-refractivity contribution in [3.05, 3.63) is 60.2 Å². The van der Waals surface area contributed by atoms with Crippen LogP contribution in [-0.4, -0.2) is 21.9 Å². The Hall–Kier alpha value is -2.27. The first kappa shape index (κ1) is 15.6. The molecule has 0 aliphatic carbocycles. The van der Waals surface area contributed by atoms with E-state index in [0.29, 0.717) is 0 Å². The fourth-order valence-electron chi connectivity index (χ4n) is 2.39. The second kappa shape index (κ2) is 7.33. The first-order chi connectivity index (χ1) is 11.3. The smallest absolute Gasteiger partial charge is 0.191 e. The molecule has 0 amide bonds. The molecular formula is C18H19N3OS. The number of ether oxygens (including phenoxy) is 1. The summed E-state index contributed by atoms with van der Waals surface area (Å²) in [7, 11) is 1.69. The van der Waals surface area contributed by atoms with E-state index in [9.17, 15) is 0 Å². The van der Waals surface area contributed by atoms with Gasteiger partial charge in [-0.2, -0.15) is 0 Å². The van der Waals surface area contributed by atoms with E-state index in [2.05, 4.69) is 46.0 Å². The summed E-state index contributed by atoms with van der Waals surface area (Å²) in [5.74, 6) is 2.63. The van der Waals surface area contributed by atoms with Gasteiger partial charge in [0.2, 0.25) is 0 Å². The normalized spacial score (nSPS) is 10.7. The Kier molecular flexibility index (Phi) is 4.98. The molecule has 0 N–H and O–H groups in total. The number of hydrogen-bond donors (Lipinski definition) is 0. The zero-order valence-electron chi connectivity index (χ0n) is 13.3. The lowest BCUT2D eigenvalue weighted by Gasteiger charge is -2.08. The summed E-state index contributed by atoms with van der Waals surface area (Å²) in [6, 6.07) is 18.3. The monoisotopic (exact) mass is 325 g/mol. The predicted octanol–water partition coefficient (Wildman–Crippen LogP) is 4.27. The maximum Gasteiger partial charge on any atom is 0.191 e. The number of benzene rings is 2. The number of thioether (sulfide) groups is 1. The summed E-state index contributed by atoms with van der Waals surface area (Å²) < 4.78 is 7.42. The van der Waals surface area contributed by atoms with Crippen molar-refractivity contribution in [2.24, 2.45) is 0 Å². The number of aromatic nitrogens is 3. The Morgan fingerprint density at radius 3 is 2.61 bits per heavy atom. The van der Waals surface area contributed by atoms with Gasteiger partial charge in [-0.05, 0) is 24.6 Å². The Balaban J connectivity index is 1.79. The third-order valence-electron chi connectivity index (χ3n) is 3.57.